The number of likely N-dealkylation sites (N-methyl/N-ethyl adjacent to an activating group) is 1. The zero-order chi connectivity index (χ0) is 10.6. The van der Waals surface area contributed by atoms with Crippen LogP contribution in [0.1, 0.15) is 20.8 Å². The summed E-state index contributed by atoms with van der Waals surface area (Å²) in [5.41, 5.74) is 0.528. The Morgan fingerprint density at radius 3 is 2.23 bits per heavy atom. The fourth-order valence-corrected chi connectivity index (χ4v) is 0.606. The van der Waals surface area contributed by atoms with E-state index in [4.69, 9.17) is 0 Å². The minimum Gasteiger partial charge on any atom is -0.351 e. The van der Waals surface area contributed by atoms with Crippen molar-refractivity contribution in [3.8, 4) is 0 Å². The van der Waals surface area contributed by atoms with Gasteiger partial charge in [-0.05, 0) is 34.9 Å². The van der Waals surface area contributed by atoms with Gasteiger partial charge in [0.15, 0.2) is 0 Å². The quantitative estimate of drug-likeness (QED) is 0.662. The monoisotopic (exact) mass is 184 g/mol. The molecule has 3 nitrogen and oxygen atoms in total. The molecular weight excluding hydrogens is 164 g/mol. The van der Waals surface area contributed by atoms with Gasteiger partial charge in [-0.25, -0.2) is 0 Å². The van der Waals surface area contributed by atoms with Crippen LogP contribution in [-0.2, 0) is 4.79 Å². The minimum atomic E-state index is -0.0741. The number of nitrogens with one attached hydrogen (secondary N) is 1. The number of hydrogen-bond acceptors (Lipinski definition) is 2. The van der Waals surface area contributed by atoms with Crippen LogP contribution in [0.15, 0.2) is 12.2 Å². The van der Waals surface area contributed by atoms with Gasteiger partial charge in [0, 0.05) is 17.7 Å². The van der Waals surface area contributed by atoms with E-state index in [1.54, 1.807) is 6.92 Å². The summed E-state index contributed by atoms with van der Waals surface area (Å²) < 4.78 is 0. The zero-order valence-electron chi connectivity index (χ0n) is 9.27. The molecule has 0 fully saturated rings. The Labute approximate surface area is 80.8 Å². The lowest BCUT2D eigenvalue weighted by Gasteiger charge is -2.32. The summed E-state index contributed by atoms with van der Waals surface area (Å²) in [5, 5.41) is 2.82. The zero-order valence-corrected chi connectivity index (χ0v) is 9.27. The predicted molar refractivity (Wildman–Crippen MR) is 55.6 cm³/mol. The molecule has 0 radical (unpaired) electrons. The van der Waals surface area contributed by atoms with Gasteiger partial charge in [0.1, 0.15) is 0 Å². The summed E-state index contributed by atoms with van der Waals surface area (Å²) in [4.78, 5) is 13.3. The van der Waals surface area contributed by atoms with Crippen molar-refractivity contribution in [1.82, 2.24) is 10.2 Å². The molecule has 0 spiro atoms. The molecule has 0 bridgehead atoms. The smallest absolute Gasteiger partial charge is 0.246 e. The largest absolute Gasteiger partial charge is 0.351 e. The van der Waals surface area contributed by atoms with E-state index in [1.165, 1.54) is 0 Å². The number of carbonyl (C=O) groups is 1. The first-order valence-electron chi connectivity index (χ1n) is 4.38. The van der Waals surface area contributed by atoms with E-state index >= 15 is 0 Å². The van der Waals surface area contributed by atoms with Gasteiger partial charge in [-0.3, -0.25) is 4.79 Å². The highest BCUT2D eigenvalue weighted by molar-refractivity contribution is 5.92. The SMILES string of the molecule is C=C(C)C(=O)NCC(C)(C)N(C)C. The van der Waals surface area contributed by atoms with Gasteiger partial charge in [-0.1, -0.05) is 6.58 Å². The molecule has 13 heavy (non-hydrogen) atoms. The molecule has 0 aliphatic rings. The number of nitrogens with zero attached hydrogens (tertiary/aromatic N) is 1. The van der Waals surface area contributed by atoms with E-state index in [-0.39, 0.29) is 11.4 Å². The van der Waals surface area contributed by atoms with Crippen LogP contribution in [-0.4, -0.2) is 37.0 Å². The van der Waals surface area contributed by atoms with Gasteiger partial charge in [0.25, 0.3) is 0 Å². The van der Waals surface area contributed by atoms with E-state index in [0.717, 1.165) is 0 Å². The van der Waals surface area contributed by atoms with E-state index in [9.17, 15) is 4.79 Å². The lowest BCUT2D eigenvalue weighted by atomic mass is 10.0. The Kier molecular flexibility index (Phi) is 4.14. The maximum atomic E-state index is 11.2. The molecule has 0 rings (SSSR count). The molecule has 0 saturated heterocycles. The molecule has 0 saturated carbocycles. The first kappa shape index (κ1) is 12.2. The van der Waals surface area contributed by atoms with Crippen LogP contribution in [0.2, 0.25) is 0 Å². The van der Waals surface area contributed by atoms with Crippen molar-refractivity contribution in [3.63, 3.8) is 0 Å². The van der Waals surface area contributed by atoms with Crippen molar-refractivity contribution in [3.05, 3.63) is 12.2 Å². The Morgan fingerprint density at radius 2 is 1.92 bits per heavy atom. The van der Waals surface area contributed by atoms with Crippen LogP contribution in [0.3, 0.4) is 0 Å². The fourth-order valence-electron chi connectivity index (χ4n) is 0.606. The lowest BCUT2D eigenvalue weighted by molar-refractivity contribution is -0.117. The second-order valence-electron chi connectivity index (χ2n) is 4.17. The molecule has 1 amide bonds. The molecule has 0 aromatic rings. The van der Waals surface area contributed by atoms with Gasteiger partial charge in [0.2, 0.25) is 5.91 Å². The van der Waals surface area contributed by atoms with E-state index in [2.05, 4.69) is 30.6 Å². The molecular formula is C10H20N2O. The Bertz CT molecular complexity index is 207. The summed E-state index contributed by atoms with van der Waals surface area (Å²) in [7, 11) is 3.99. The first-order valence-corrected chi connectivity index (χ1v) is 4.38. The maximum absolute atomic E-state index is 11.2. The maximum Gasteiger partial charge on any atom is 0.246 e. The summed E-state index contributed by atoms with van der Waals surface area (Å²) in [6, 6.07) is 0. The van der Waals surface area contributed by atoms with Crippen molar-refractivity contribution in [2.75, 3.05) is 20.6 Å². The van der Waals surface area contributed by atoms with Gasteiger partial charge >= 0.3 is 0 Å². The highest BCUT2D eigenvalue weighted by atomic mass is 16.1. The van der Waals surface area contributed by atoms with Gasteiger partial charge in [-0.2, -0.15) is 0 Å². The van der Waals surface area contributed by atoms with Crippen LogP contribution in [0.25, 0.3) is 0 Å². The van der Waals surface area contributed by atoms with Crippen LogP contribution < -0.4 is 5.32 Å². The second-order valence-corrected chi connectivity index (χ2v) is 4.17. The van der Waals surface area contributed by atoms with Crippen LogP contribution in [0.4, 0.5) is 0 Å². The molecule has 0 aromatic carbocycles. The normalized spacial score (nSPS) is 11.5. The summed E-state index contributed by atoms with van der Waals surface area (Å²) >= 11 is 0. The van der Waals surface area contributed by atoms with Crippen molar-refractivity contribution < 1.29 is 4.79 Å². The average Bonchev–Trinajstić information content (AvgIpc) is 1.99. The van der Waals surface area contributed by atoms with Crippen molar-refractivity contribution in [2.24, 2.45) is 0 Å². The number of rotatable bonds is 4. The molecule has 3 heteroatoms. The first-order chi connectivity index (χ1) is 5.77. The number of carbonyl (C=O) groups excluding carboxylic acids is 1. The third kappa shape index (κ3) is 4.08. The van der Waals surface area contributed by atoms with Crippen LogP contribution in [0, 0.1) is 0 Å². The van der Waals surface area contributed by atoms with Crippen molar-refractivity contribution in [1.29, 1.82) is 0 Å². The standard InChI is InChI=1S/C10H20N2O/c1-8(2)9(13)11-7-10(3,4)12(5)6/h1,7H2,2-6H3,(H,11,13). The number of amides is 1. The topological polar surface area (TPSA) is 32.3 Å². The Morgan fingerprint density at radius 1 is 1.46 bits per heavy atom. The number of hydrogen-bond donors (Lipinski definition) is 1. The summed E-state index contributed by atoms with van der Waals surface area (Å²) in [5.74, 6) is -0.0741. The van der Waals surface area contributed by atoms with E-state index in [0.29, 0.717) is 12.1 Å². The molecule has 0 atom stereocenters. The predicted octanol–water partition coefficient (Wildman–Crippen LogP) is 1.02. The van der Waals surface area contributed by atoms with Crippen LogP contribution >= 0.6 is 0 Å². The van der Waals surface area contributed by atoms with Crippen molar-refractivity contribution >= 4 is 5.91 Å². The highest BCUT2D eigenvalue weighted by Gasteiger charge is 2.20. The highest BCUT2D eigenvalue weighted by Crippen LogP contribution is 2.07. The van der Waals surface area contributed by atoms with Gasteiger partial charge in [-0.15, -0.1) is 0 Å². The molecule has 0 aliphatic carbocycles. The van der Waals surface area contributed by atoms with Gasteiger partial charge in [0.05, 0.1) is 0 Å². The van der Waals surface area contributed by atoms with Crippen LogP contribution in [0.5, 0.6) is 0 Å². The third-order valence-corrected chi connectivity index (χ3v) is 2.28. The Hall–Kier alpha value is -0.830. The molecule has 0 aromatic heterocycles. The van der Waals surface area contributed by atoms with E-state index < -0.39 is 0 Å². The average molecular weight is 184 g/mol. The molecule has 76 valence electrons. The molecule has 1 N–H and O–H groups in total. The minimum absolute atomic E-state index is 0.0227. The molecule has 0 unspecified atom stereocenters. The lowest BCUT2D eigenvalue weighted by Crippen LogP contribution is -2.48. The van der Waals surface area contributed by atoms with E-state index in [1.807, 2.05) is 14.1 Å². The fraction of sp³-hybridized carbons (Fsp3) is 0.700. The summed E-state index contributed by atoms with van der Waals surface area (Å²) in [6.45, 7) is 10.1. The van der Waals surface area contributed by atoms with Gasteiger partial charge < -0.3 is 10.2 Å². The molecule has 0 aliphatic heterocycles. The molecule has 0 heterocycles. The summed E-state index contributed by atoms with van der Waals surface area (Å²) in [6.07, 6.45) is 0. The Balaban J connectivity index is 4.02. The van der Waals surface area contributed by atoms with Crippen molar-refractivity contribution in [2.45, 2.75) is 26.3 Å². The third-order valence-electron chi connectivity index (χ3n) is 2.28. The second kappa shape index (κ2) is 4.42.